The predicted molar refractivity (Wildman–Crippen MR) is 113 cm³/mol. The average molecular weight is 377 g/mol. The van der Waals surface area contributed by atoms with Gasteiger partial charge in [-0.2, -0.15) is 0 Å². The van der Waals surface area contributed by atoms with Gasteiger partial charge in [-0.3, -0.25) is 4.98 Å². The number of nitrogen functional groups attached to an aromatic ring is 1. The van der Waals surface area contributed by atoms with Crippen molar-refractivity contribution in [1.82, 2.24) is 15.0 Å². The smallest absolute Gasteiger partial charge is 0.223 e. The van der Waals surface area contributed by atoms with Crippen molar-refractivity contribution in [1.29, 1.82) is 0 Å². The van der Waals surface area contributed by atoms with Gasteiger partial charge < -0.3 is 15.8 Å². The third kappa shape index (κ3) is 4.01. The molecule has 1 fully saturated rings. The molecule has 2 heterocycles. The van der Waals surface area contributed by atoms with Gasteiger partial charge in [-0.1, -0.05) is 6.07 Å². The first-order valence-electron chi connectivity index (χ1n) is 9.89. The van der Waals surface area contributed by atoms with E-state index in [4.69, 9.17) is 10.5 Å². The molecule has 0 bridgehead atoms. The molecule has 2 aromatic heterocycles. The Hall–Kier alpha value is -2.89. The maximum absolute atomic E-state index is 6.35. The van der Waals surface area contributed by atoms with Crippen molar-refractivity contribution in [3.63, 3.8) is 0 Å². The normalized spacial score (nSPS) is 19.5. The largest absolute Gasteiger partial charge is 0.490 e. The van der Waals surface area contributed by atoms with Gasteiger partial charge in [0.15, 0.2) is 0 Å². The summed E-state index contributed by atoms with van der Waals surface area (Å²) in [5, 5.41) is 4.40. The summed E-state index contributed by atoms with van der Waals surface area (Å²) in [5.74, 6) is 1.56. The number of ether oxygens (including phenoxy) is 1. The van der Waals surface area contributed by atoms with Gasteiger partial charge in [0.25, 0.3) is 0 Å². The minimum Gasteiger partial charge on any atom is -0.490 e. The van der Waals surface area contributed by atoms with E-state index < -0.39 is 0 Å². The van der Waals surface area contributed by atoms with Crippen LogP contribution in [0.3, 0.4) is 0 Å². The van der Waals surface area contributed by atoms with E-state index >= 15 is 0 Å². The summed E-state index contributed by atoms with van der Waals surface area (Å²) in [6, 6.07) is 10.2. The number of pyridine rings is 1. The molecule has 0 radical (unpaired) electrons. The second-order valence-corrected chi connectivity index (χ2v) is 7.71. The average Bonchev–Trinajstić information content (AvgIpc) is 2.62. The third-order valence-corrected chi connectivity index (χ3v) is 5.24. The number of nitrogens with one attached hydrogen (secondary N) is 1. The third-order valence-electron chi connectivity index (χ3n) is 5.24. The Kier molecular flexibility index (Phi) is 5.03. The van der Waals surface area contributed by atoms with Gasteiger partial charge in [-0.05, 0) is 70.7 Å². The Labute approximate surface area is 165 Å². The van der Waals surface area contributed by atoms with Crippen molar-refractivity contribution in [2.24, 2.45) is 0 Å². The highest BCUT2D eigenvalue weighted by molar-refractivity contribution is 5.95. The molecule has 0 aliphatic heterocycles. The maximum Gasteiger partial charge on any atom is 0.223 e. The molecule has 1 aliphatic carbocycles. The van der Waals surface area contributed by atoms with Gasteiger partial charge >= 0.3 is 0 Å². The van der Waals surface area contributed by atoms with Crippen molar-refractivity contribution in [3.05, 3.63) is 47.4 Å². The molecule has 0 unspecified atom stereocenters. The van der Waals surface area contributed by atoms with Crippen LogP contribution < -0.4 is 15.8 Å². The van der Waals surface area contributed by atoms with E-state index in [-0.39, 0.29) is 6.10 Å². The van der Waals surface area contributed by atoms with Crippen LogP contribution in [0.2, 0.25) is 0 Å². The SMILES string of the molecule is Cc1cc(C)nc(N[C@H]2CC[C@H](Oc3cccc4nc(C)cc(N)c34)CC2)n1. The minimum atomic E-state index is 0.185. The molecule has 3 aromatic rings. The van der Waals surface area contributed by atoms with Gasteiger partial charge in [0.2, 0.25) is 5.95 Å². The molecular formula is C22H27N5O. The molecule has 0 atom stereocenters. The highest BCUT2D eigenvalue weighted by atomic mass is 16.5. The first-order chi connectivity index (χ1) is 13.5. The number of aromatic nitrogens is 3. The molecule has 0 saturated heterocycles. The summed E-state index contributed by atoms with van der Waals surface area (Å²) in [6.07, 6.45) is 4.21. The van der Waals surface area contributed by atoms with E-state index in [1.54, 1.807) is 0 Å². The molecule has 6 nitrogen and oxygen atoms in total. The summed E-state index contributed by atoms with van der Waals surface area (Å²) in [6.45, 7) is 5.95. The van der Waals surface area contributed by atoms with Gasteiger partial charge in [-0.15, -0.1) is 0 Å². The van der Waals surface area contributed by atoms with E-state index in [1.807, 2.05) is 51.1 Å². The highest BCUT2D eigenvalue weighted by Crippen LogP contribution is 2.33. The molecule has 6 heteroatoms. The molecule has 0 amide bonds. The number of hydrogen-bond acceptors (Lipinski definition) is 6. The Morgan fingerprint density at radius 1 is 0.929 bits per heavy atom. The van der Waals surface area contributed by atoms with E-state index in [2.05, 4.69) is 20.3 Å². The van der Waals surface area contributed by atoms with Crippen LogP contribution in [0.1, 0.15) is 42.8 Å². The van der Waals surface area contributed by atoms with Crippen molar-refractivity contribution >= 4 is 22.5 Å². The number of aryl methyl sites for hydroxylation is 3. The molecule has 28 heavy (non-hydrogen) atoms. The Bertz CT molecular complexity index is 975. The molecular weight excluding hydrogens is 350 g/mol. The van der Waals surface area contributed by atoms with Gasteiger partial charge in [0.05, 0.1) is 17.0 Å². The summed E-state index contributed by atoms with van der Waals surface area (Å²) >= 11 is 0. The zero-order valence-corrected chi connectivity index (χ0v) is 16.7. The molecule has 0 spiro atoms. The van der Waals surface area contributed by atoms with E-state index in [1.165, 1.54) is 0 Å². The lowest BCUT2D eigenvalue weighted by Crippen LogP contribution is -2.32. The molecule has 4 rings (SSSR count). The van der Waals surface area contributed by atoms with Crippen LogP contribution in [0.25, 0.3) is 10.9 Å². The first-order valence-corrected chi connectivity index (χ1v) is 9.89. The van der Waals surface area contributed by atoms with Crippen molar-refractivity contribution in [3.8, 4) is 5.75 Å². The number of anilines is 2. The van der Waals surface area contributed by atoms with Crippen LogP contribution in [0.4, 0.5) is 11.6 Å². The molecule has 1 aromatic carbocycles. The van der Waals surface area contributed by atoms with Crippen LogP contribution in [0, 0.1) is 20.8 Å². The number of benzene rings is 1. The molecule has 146 valence electrons. The Morgan fingerprint density at radius 3 is 2.32 bits per heavy atom. The quantitative estimate of drug-likeness (QED) is 0.704. The number of fused-ring (bicyclic) bond motifs is 1. The summed E-state index contributed by atoms with van der Waals surface area (Å²) in [7, 11) is 0. The fourth-order valence-corrected chi connectivity index (χ4v) is 4.00. The topological polar surface area (TPSA) is 86.0 Å². The van der Waals surface area contributed by atoms with Gasteiger partial charge in [-0.25, -0.2) is 9.97 Å². The van der Waals surface area contributed by atoms with Gasteiger partial charge in [0, 0.05) is 28.8 Å². The monoisotopic (exact) mass is 377 g/mol. The second kappa shape index (κ2) is 7.62. The zero-order valence-electron chi connectivity index (χ0n) is 16.7. The highest BCUT2D eigenvalue weighted by Gasteiger charge is 2.24. The molecule has 1 saturated carbocycles. The van der Waals surface area contributed by atoms with Crippen molar-refractivity contribution in [2.75, 3.05) is 11.1 Å². The van der Waals surface area contributed by atoms with Gasteiger partial charge in [0.1, 0.15) is 5.75 Å². The number of rotatable bonds is 4. The predicted octanol–water partition coefficient (Wildman–Crippen LogP) is 4.33. The lowest BCUT2D eigenvalue weighted by molar-refractivity contribution is 0.152. The van der Waals surface area contributed by atoms with Crippen molar-refractivity contribution in [2.45, 2.75) is 58.6 Å². The number of hydrogen-bond donors (Lipinski definition) is 2. The van der Waals surface area contributed by atoms with Crippen LogP contribution in [0.5, 0.6) is 5.75 Å². The van der Waals surface area contributed by atoms with Crippen molar-refractivity contribution < 1.29 is 4.74 Å². The molecule has 3 N–H and O–H groups in total. The number of nitrogens with zero attached hydrogens (tertiary/aromatic N) is 3. The fourth-order valence-electron chi connectivity index (χ4n) is 4.00. The minimum absolute atomic E-state index is 0.185. The maximum atomic E-state index is 6.35. The van der Waals surface area contributed by atoms with E-state index in [0.717, 1.165) is 71.1 Å². The van der Waals surface area contributed by atoms with E-state index in [9.17, 15) is 0 Å². The zero-order chi connectivity index (χ0) is 19.7. The van der Waals surface area contributed by atoms with Crippen LogP contribution >= 0.6 is 0 Å². The fraction of sp³-hybridized carbons (Fsp3) is 0.409. The Morgan fingerprint density at radius 2 is 1.61 bits per heavy atom. The lowest BCUT2D eigenvalue weighted by Gasteiger charge is -2.30. The van der Waals surface area contributed by atoms with E-state index in [0.29, 0.717) is 6.04 Å². The summed E-state index contributed by atoms with van der Waals surface area (Å²) in [4.78, 5) is 13.6. The summed E-state index contributed by atoms with van der Waals surface area (Å²) < 4.78 is 6.35. The van der Waals surface area contributed by atoms with Crippen LogP contribution in [0.15, 0.2) is 30.3 Å². The van der Waals surface area contributed by atoms with Crippen LogP contribution in [-0.4, -0.2) is 27.1 Å². The molecule has 1 aliphatic rings. The summed E-state index contributed by atoms with van der Waals surface area (Å²) in [5.41, 5.74) is 10.8. The Balaban J connectivity index is 1.42. The van der Waals surface area contributed by atoms with Crippen LogP contribution in [-0.2, 0) is 0 Å². The second-order valence-electron chi connectivity index (χ2n) is 7.71. The lowest BCUT2D eigenvalue weighted by atomic mass is 9.93. The first kappa shape index (κ1) is 18.5. The standard InChI is InChI=1S/C22H27N5O/c1-13-11-14(2)26-22(25-13)27-16-7-9-17(10-8-16)28-20-6-4-5-19-21(20)18(23)12-15(3)24-19/h4-6,11-12,16-17H,7-10H2,1-3H3,(H2,23,24)(H,25,26,27)/t16-,17-. The number of nitrogens with two attached hydrogens (primary N) is 1.